The first kappa shape index (κ1) is 77.0. The smallest absolute Gasteiger partial charge is 0.381 e. The van der Waals surface area contributed by atoms with Crippen LogP contribution in [0.15, 0.2) is 243 Å². The van der Waals surface area contributed by atoms with Crippen molar-refractivity contribution in [2.45, 2.75) is 73.2 Å². The first-order valence-electron chi connectivity index (χ1n) is 33.4. The quantitative estimate of drug-likeness (QED) is 0.0525. The first-order chi connectivity index (χ1) is 51.3. The van der Waals surface area contributed by atoms with Gasteiger partial charge in [0.1, 0.15) is 47.2 Å². The number of carboxylic acids is 1. The summed E-state index contributed by atoms with van der Waals surface area (Å²) in [4.78, 5) is 121. The molecule has 1 saturated heterocycles. The number of Topliss-reactive ketones (excluding diaryl/α,β-unsaturated/α-hetero) is 1. The Balaban J connectivity index is 0.000000170. The van der Waals surface area contributed by atoms with Gasteiger partial charge in [-0.2, -0.15) is 0 Å². The maximum absolute atomic E-state index is 14.6. The van der Waals surface area contributed by atoms with E-state index in [1.54, 1.807) is 139 Å². The average molecular weight is 1430 g/mol. The van der Waals surface area contributed by atoms with E-state index in [1.807, 2.05) is 134 Å². The third-order valence-electron chi connectivity index (χ3n) is 17.8. The number of nitrogens with two attached hydrogens (primary N) is 1. The minimum Gasteiger partial charge on any atom is -0.497 e. The number of terminal acetylenes is 2. The van der Waals surface area contributed by atoms with Crippen molar-refractivity contribution < 1.29 is 57.0 Å². The zero-order valence-electron chi connectivity index (χ0n) is 59.9. The molecular formula is C87H74N6O14. The van der Waals surface area contributed by atoms with E-state index >= 15 is 0 Å². The second-order valence-corrected chi connectivity index (χ2v) is 25.0. The van der Waals surface area contributed by atoms with Gasteiger partial charge < -0.3 is 34.5 Å². The van der Waals surface area contributed by atoms with Gasteiger partial charge in [0.2, 0.25) is 5.43 Å². The van der Waals surface area contributed by atoms with E-state index in [-0.39, 0.29) is 34.2 Å². The number of amides is 4. The van der Waals surface area contributed by atoms with Gasteiger partial charge in [0.25, 0.3) is 17.7 Å². The molecule has 20 nitrogen and oxygen atoms in total. The van der Waals surface area contributed by atoms with Crippen LogP contribution in [0.3, 0.4) is 0 Å². The lowest BCUT2D eigenvalue weighted by Crippen LogP contribution is -2.58. The number of carboxylic acid groups (broad SMARTS) is 1. The third-order valence-corrected chi connectivity index (χ3v) is 17.8. The number of hydrogen-bond acceptors (Lipinski definition) is 14. The molecule has 0 aliphatic carbocycles. The molecule has 1 fully saturated rings. The number of ether oxygens (including phenoxy) is 2. The van der Waals surface area contributed by atoms with Crippen LogP contribution >= 0.6 is 0 Å². The Labute approximate surface area is 617 Å². The molecule has 107 heavy (non-hydrogen) atoms. The van der Waals surface area contributed by atoms with Crippen LogP contribution < -0.4 is 46.1 Å². The molecule has 3 aliphatic rings. The number of aliphatic carboxylic acids is 1. The normalized spacial score (nSPS) is 14.9. The van der Waals surface area contributed by atoms with Gasteiger partial charge in [0, 0.05) is 34.7 Å². The van der Waals surface area contributed by atoms with Crippen molar-refractivity contribution in [3.8, 4) is 36.2 Å². The lowest BCUT2D eigenvalue weighted by molar-refractivity contribution is -0.130. The summed E-state index contributed by atoms with van der Waals surface area (Å²) in [5.74, 6) is 0.0632. The fourth-order valence-corrected chi connectivity index (χ4v) is 12.5. The first-order valence-corrected chi connectivity index (χ1v) is 33.4. The monoisotopic (exact) mass is 1430 g/mol. The molecule has 0 saturated carbocycles. The van der Waals surface area contributed by atoms with Crippen LogP contribution in [0.1, 0.15) is 76.8 Å². The van der Waals surface area contributed by atoms with Gasteiger partial charge >= 0.3 is 11.9 Å². The van der Waals surface area contributed by atoms with E-state index in [0.29, 0.717) is 68.0 Å². The predicted molar refractivity (Wildman–Crippen MR) is 414 cm³/mol. The van der Waals surface area contributed by atoms with Crippen molar-refractivity contribution in [2.75, 3.05) is 32.9 Å². The number of carbonyl (C=O) groups excluding carboxylic acids is 6. The van der Waals surface area contributed by atoms with Crippen molar-refractivity contribution in [2.24, 2.45) is 5.92 Å². The van der Waals surface area contributed by atoms with E-state index in [0.717, 1.165) is 55.2 Å². The zero-order valence-corrected chi connectivity index (χ0v) is 59.9. The summed E-state index contributed by atoms with van der Waals surface area (Å²) in [6, 6.07) is 58.1. The molecule has 3 aliphatic heterocycles. The van der Waals surface area contributed by atoms with Crippen LogP contribution in [0.4, 0.5) is 34.1 Å². The number of rotatable bonds is 9. The third kappa shape index (κ3) is 16.7. The molecule has 4 atom stereocenters. The van der Waals surface area contributed by atoms with Crippen molar-refractivity contribution >= 4 is 97.7 Å². The highest BCUT2D eigenvalue weighted by Crippen LogP contribution is 2.52. The predicted octanol–water partition coefficient (Wildman–Crippen LogP) is 15.0. The topological polar surface area (TPSA) is 271 Å². The second kappa shape index (κ2) is 34.2. The molecular weight excluding hydrogens is 1350 g/mol. The fraction of sp³-hybridized carbons (Fsp3) is 0.149. The minimum absolute atomic E-state index is 0.00314. The Morgan fingerprint density at radius 2 is 1.17 bits per heavy atom. The van der Waals surface area contributed by atoms with Crippen molar-refractivity contribution in [3.63, 3.8) is 0 Å². The Bertz CT molecular complexity index is 5450. The Kier molecular flexibility index (Phi) is 24.6. The Morgan fingerprint density at radius 1 is 0.654 bits per heavy atom. The SMILES string of the molecule is C#CC(=O)N(c1ccc(C)cc1)C(C(=O)Nc1c(C)cccc1C)c1coc2ccccc2c1=O.C#CC(=O)O.COc1ccc(N2C(=O)C=CC23C(=O)N(c2c(C)cccc2C)C2Oc4ccccc4C(=O)C23)cc1.Cc1ccc(N)cc1.O=Cc1coc2ccccc2c1=O.[C-]#[N+]c1c(C)cccc1C. The van der Waals surface area contributed by atoms with Crippen LogP contribution in [0, 0.1) is 92.6 Å². The van der Waals surface area contributed by atoms with Crippen LogP contribution in [0.25, 0.3) is 26.8 Å². The molecule has 5 heterocycles. The van der Waals surface area contributed by atoms with E-state index < -0.39 is 46.9 Å². The van der Waals surface area contributed by atoms with Crippen molar-refractivity contribution in [3.05, 3.63) is 318 Å². The van der Waals surface area contributed by atoms with Crippen molar-refractivity contribution in [1.29, 1.82) is 0 Å². The van der Waals surface area contributed by atoms with Crippen LogP contribution in [-0.4, -0.2) is 65.7 Å². The van der Waals surface area contributed by atoms with Crippen LogP contribution in [-0.2, 0) is 24.0 Å². The van der Waals surface area contributed by atoms with Gasteiger partial charge in [-0.1, -0.05) is 126 Å². The maximum atomic E-state index is 14.6. The summed E-state index contributed by atoms with van der Waals surface area (Å²) in [7, 11) is 1.56. The summed E-state index contributed by atoms with van der Waals surface area (Å²) in [6.45, 7) is 22.3. The number of nitrogen functional groups attached to an aromatic ring is 1. The van der Waals surface area contributed by atoms with Gasteiger partial charge in [-0.3, -0.25) is 53.1 Å². The van der Waals surface area contributed by atoms with E-state index in [1.165, 1.54) is 35.0 Å². The van der Waals surface area contributed by atoms with Gasteiger partial charge in [-0.05, 0) is 186 Å². The summed E-state index contributed by atoms with van der Waals surface area (Å²) >= 11 is 0. The number of aldehydes is 1. The standard InChI is InChI=1S/C29H24N2O5.C29H24N2O4.C10H6O3.C9H9N.C7H9N.C3H2O2/c1-17-7-6-8-18(2)25(17)30-27-24(26(33)21-9-4-5-10-22(21)36-27)29(28(30)34)16-15-23(32)31(29)19-11-13-20(35-3)14-12-19;1-5-25(32)31(21-15-13-18(2)14-16-21)27(29(34)30-26-19(3)9-8-10-20(26)4)23-17-35-24-12-7-6-11-22(24)28(23)33;11-5-7-6-13-9-4-2-1-3-8(9)10(7)12;1-7-5-4-6-8(2)9(7)10-3;1-6-2-4-7(8)5-3-6;1-2-3(4)5/h4-16,24,27H,1-3H3;1,6-17,27H,2-4H3,(H,30,34);1-6H;4-6H,1-2H3;2-5H,8H2,1H3;1H,(H,4,5). The van der Waals surface area contributed by atoms with Crippen molar-refractivity contribution in [1.82, 2.24) is 0 Å². The highest BCUT2D eigenvalue weighted by Gasteiger charge is 2.69. The van der Waals surface area contributed by atoms with Gasteiger partial charge in [0.15, 0.2) is 35.0 Å². The molecule has 14 rings (SSSR count). The average Bonchev–Trinajstić information content (AvgIpc) is 1.52. The van der Waals surface area contributed by atoms with Gasteiger partial charge in [0.05, 0.1) is 46.8 Å². The molecule has 4 amide bonds. The number of methoxy groups -OCH3 is 1. The molecule has 4 unspecified atom stereocenters. The largest absolute Gasteiger partial charge is 0.497 e. The van der Waals surface area contributed by atoms with E-state index in [2.05, 4.69) is 22.5 Å². The summed E-state index contributed by atoms with van der Waals surface area (Å²) in [5.41, 5.74) is 16.0. The lowest BCUT2D eigenvalue weighted by atomic mass is 9.78. The molecule has 20 heteroatoms. The minimum atomic E-state index is -1.57. The second-order valence-electron chi connectivity index (χ2n) is 25.0. The number of fused-ring (bicyclic) bond motifs is 5. The highest BCUT2D eigenvalue weighted by atomic mass is 16.5. The van der Waals surface area contributed by atoms with Crippen LogP contribution in [0.2, 0.25) is 0 Å². The number of ketones is 1. The van der Waals surface area contributed by atoms with Gasteiger partial charge in [-0.25, -0.2) is 9.64 Å². The maximum Gasteiger partial charge on any atom is 0.381 e. The Hall–Kier alpha value is -14.2. The number of para-hydroxylation sites is 6. The van der Waals surface area contributed by atoms with E-state index in [9.17, 15) is 38.4 Å². The van der Waals surface area contributed by atoms with Crippen LogP contribution in [0.5, 0.6) is 11.5 Å². The molecule has 9 aromatic carbocycles. The number of nitrogens with one attached hydrogen (secondary N) is 1. The number of hydrogen-bond donors (Lipinski definition) is 3. The highest BCUT2D eigenvalue weighted by molar-refractivity contribution is 6.23. The molecule has 0 radical (unpaired) electrons. The number of benzene rings is 9. The number of nitrogens with zero attached hydrogens (tertiary/aromatic N) is 4. The Morgan fingerprint density at radius 3 is 1.69 bits per heavy atom. The lowest BCUT2D eigenvalue weighted by Gasteiger charge is -2.38. The van der Waals surface area contributed by atoms with E-state index in [4.69, 9.17) is 46.9 Å². The molecule has 11 aromatic rings. The number of carbonyl (C=O) groups is 7. The fourth-order valence-electron chi connectivity index (χ4n) is 12.5. The summed E-state index contributed by atoms with van der Waals surface area (Å²) < 4.78 is 22.5. The molecule has 1 spiro atoms. The molecule has 536 valence electrons. The molecule has 2 aromatic heterocycles. The zero-order chi connectivity index (χ0) is 77.4. The summed E-state index contributed by atoms with van der Waals surface area (Å²) in [5, 5.41) is 11.1. The molecule has 4 N–H and O–H groups in total. The summed E-state index contributed by atoms with van der Waals surface area (Å²) in [6.07, 6.45) is 14.8. The number of anilines is 5. The number of aryl methyl sites for hydroxylation is 8. The van der Waals surface area contributed by atoms with Gasteiger partial charge in [-0.15, -0.1) is 12.8 Å². The molecule has 0 bridgehead atoms.